The standard InChI is InChI=1S/C12H9I.F6P/c13-12-8-6-11(7-9-12)10-4-2-1-3-5-10;1-7(2,3,4,5)6/h1-9H;/q;-1/p+1. The van der Waals surface area contributed by atoms with Crippen LogP contribution in [-0.4, -0.2) is 0 Å². The van der Waals surface area contributed by atoms with Gasteiger partial charge in [-0.15, -0.1) is 0 Å². The van der Waals surface area contributed by atoms with E-state index in [2.05, 4.69) is 71.1 Å². The van der Waals surface area contributed by atoms with Gasteiger partial charge in [-0.1, -0.05) is 42.5 Å². The zero-order valence-electron chi connectivity index (χ0n) is 10.8. The molecule has 0 saturated carbocycles. The Morgan fingerprint density at radius 2 is 1.00 bits per heavy atom. The van der Waals surface area contributed by atoms with Crippen LogP contribution in [0.2, 0.25) is 0 Å². The molecular formula is C12H10F6IP. The molecule has 0 spiro atoms. The monoisotopic (exact) mass is 426 g/mol. The summed E-state index contributed by atoms with van der Waals surface area (Å²) in [5, 5.41) is 0. The fourth-order valence-electron chi connectivity index (χ4n) is 1.27. The van der Waals surface area contributed by atoms with Gasteiger partial charge in [-0.3, -0.25) is 0 Å². The SMILES string of the molecule is F[P-](F)(F)(F)(F)F.Ic1ccc(-c2ccccc2)cc1.[H+]. The molecule has 0 saturated heterocycles. The Bertz CT molecular complexity index is 556. The first-order valence-electron chi connectivity index (χ1n) is 5.19. The summed E-state index contributed by atoms with van der Waals surface area (Å²) in [6.45, 7) is 0. The van der Waals surface area contributed by atoms with Crippen LogP contribution in [0.1, 0.15) is 1.43 Å². The second kappa shape index (κ2) is 5.18. The van der Waals surface area contributed by atoms with E-state index in [1.807, 2.05) is 6.07 Å². The molecule has 0 aliphatic rings. The predicted octanol–water partition coefficient (Wildman–Crippen LogP) is 7.45. The molecular weight excluding hydrogens is 416 g/mol. The first-order chi connectivity index (χ1) is 8.81. The summed E-state index contributed by atoms with van der Waals surface area (Å²) in [5.74, 6) is 0. The second-order valence-electron chi connectivity index (χ2n) is 3.83. The van der Waals surface area contributed by atoms with Crippen LogP contribution in [0.15, 0.2) is 54.6 Å². The molecule has 0 aliphatic heterocycles. The van der Waals surface area contributed by atoms with Gasteiger partial charge in [0.25, 0.3) is 0 Å². The van der Waals surface area contributed by atoms with Crippen molar-refractivity contribution < 1.29 is 26.6 Å². The predicted molar refractivity (Wildman–Crippen MR) is 79.3 cm³/mol. The van der Waals surface area contributed by atoms with Crippen molar-refractivity contribution in [3.05, 3.63) is 58.2 Å². The average Bonchev–Trinajstić information content (AvgIpc) is 2.27. The van der Waals surface area contributed by atoms with E-state index in [1.165, 1.54) is 14.7 Å². The molecule has 2 rings (SSSR count). The molecule has 0 aliphatic carbocycles. The molecule has 112 valence electrons. The molecule has 0 bridgehead atoms. The number of benzene rings is 2. The summed E-state index contributed by atoms with van der Waals surface area (Å²) in [7, 11) is -10.7. The number of hydrogen-bond donors (Lipinski definition) is 0. The van der Waals surface area contributed by atoms with Crippen molar-refractivity contribution in [1.29, 1.82) is 0 Å². The Morgan fingerprint density at radius 1 is 0.650 bits per heavy atom. The minimum Gasteiger partial charge on any atom is -0.0622 e. The van der Waals surface area contributed by atoms with Gasteiger partial charge in [-0.05, 0) is 45.9 Å². The largest absolute Gasteiger partial charge is 1.00 e. The molecule has 0 radical (unpaired) electrons. The molecule has 0 heterocycles. The molecule has 2 aromatic carbocycles. The minimum absolute atomic E-state index is 0. The summed E-state index contributed by atoms with van der Waals surface area (Å²) in [4.78, 5) is 0. The Kier molecular flexibility index (Phi) is 4.46. The first kappa shape index (κ1) is 17.2. The van der Waals surface area contributed by atoms with Crippen LogP contribution >= 0.6 is 30.4 Å². The van der Waals surface area contributed by atoms with E-state index in [0.29, 0.717) is 0 Å². The molecule has 0 aromatic heterocycles. The Balaban J connectivity index is 0.000000436. The molecule has 0 amide bonds. The second-order valence-corrected chi connectivity index (χ2v) is 6.99. The van der Waals surface area contributed by atoms with Crippen molar-refractivity contribution >= 4 is 30.4 Å². The molecule has 0 fully saturated rings. The van der Waals surface area contributed by atoms with Gasteiger partial charge in [0.15, 0.2) is 0 Å². The summed E-state index contributed by atoms with van der Waals surface area (Å²) in [6, 6.07) is 19.0. The molecule has 8 heteroatoms. The molecule has 0 nitrogen and oxygen atoms in total. The molecule has 2 aromatic rings. The van der Waals surface area contributed by atoms with Gasteiger partial charge in [0.2, 0.25) is 0 Å². The summed E-state index contributed by atoms with van der Waals surface area (Å²) < 4.78 is 60.5. The topological polar surface area (TPSA) is 0 Å². The first-order valence-corrected chi connectivity index (χ1v) is 8.29. The van der Waals surface area contributed by atoms with Crippen LogP contribution in [-0.2, 0) is 0 Å². The van der Waals surface area contributed by atoms with Crippen LogP contribution < -0.4 is 0 Å². The smallest absolute Gasteiger partial charge is 0.0622 e. The Labute approximate surface area is 126 Å². The van der Waals surface area contributed by atoms with Crippen LogP contribution in [0.25, 0.3) is 11.1 Å². The maximum atomic E-state index is 9.87. The summed E-state index contributed by atoms with van der Waals surface area (Å²) in [6.07, 6.45) is 0. The fraction of sp³-hybridized carbons (Fsp3) is 0. The zero-order valence-corrected chi connectivity index (χ0v) is 12.8. The number of rotatable bonds is 1. The molecule has 20 heavy (non-hydrogen) atoms. The van der Waals surface area contributed by atoms with E-state index in [4.69, 9.17) is 0 Å². The van der Waals surface area contributed by atoms with E-state index in [-0.39, 0.29) is 1.43 Å². The molecule has 0 atom stereocenters. The third-order valence-electron chi connectivity index (χ3n) is 1.95. The Hall–Kier alpha value is -0.820. The fourth-order valence-corrected chi connectivity index (χ4v) is 1.63. The van der Waals surface area contributed by atoms with Gasteiger partial charge in [0.05, 0.1) is 0 Å². The maximum Gasteiger partial charge on any atom is 1.00 e. The van der Waals surface area contributed by atoms with E-state index in [0.717, 1.165) is 0 Å². The summed E-state index contributed by atoms with van der Waals surface area (Å²) in [5.41, 5.74) is 2.56. The quantitative estimate of drug-likeness (QED) is 0.253. The van der Waals surface area contributed by atoms with Crippen molar-refractivity contribution in [1.82, 2.24) is 0 Å². The van der Waals surface area contributed by atoms with E-state index >= 15 is 0 Å². The third kappa shape index (κ3) is 10.0. The van der Waals surface area contributed by atoms with Crippen LogP contribution in [0.4, 0.5) is 25.2 Å². The average molecular weight is 426 g/mol. The van der Waals surface area contributed by atoms with Crippen molar-refractivity contribution in [2.45, 2.75) is 0 Å². The third-order valence-corrected chi connectivity index (χ3v) is 2.67. The van der Waals surface area contributed by atoms with Gasteiger partial charge in [-0.2, -0.15) is 0 Å². The zero-order chi connectivity index (χ0) is 15.5. The van der Waals surface area contributed by atoms with Crippen molar-refractivity contribution in [3.8, 4) is 11.1 Å². The van der Waals surface area contributed by atoms with Crippen LogP contribution in [0.5, 0.6) is 0 Å². The van der Waals surface area contributed by atoms with E-state index in [9.17, 15) is 25.2 Å². The van der Waals surface area contributed by atoms with Crippen molar-refractivity contribution in [2.24, 2.45) is 0 Å². The van der Waals surface area contributed by atoms with Crippen LogP contribution in [0, 0.1) is 3.57 Å². The Morgan fingerprint density at radius 3 is 1.40 bits per heavy atom. The minimum atomic E-state index is -10.7. The molecule has 0 unspecified atom stereocenters. The van der Waals surface area contributed by atoms with Gasteiger partial charge >= 0.3 is 34.4 Å². The van der Waals surface area contributed by atoms with Crippen molar-refractivity contribution in [3.63, 3.8) is 0 Å². The van der Waals surface area contributed by atoms with E-state index < -0.39 is 7.81 Å². The van der Waals surface area contributed by atoms with Crippen LogP contribution in [0.3, 0.4) is 0 Å². The van der Waals surface area contributed by atoms with Crippen molar-refractivity contribution in [2.75, 3.05) is 0 Å². The normalized spacial score (nSPS) is 14.6. The number of hydrogen-bond acceptors (Lipinski definition) is 0. The number of halogens is 7. The van der Waals surface area contributed by atoms with E-state index in [1.54, 1.807) is 0 Å². The maximum absolute atomic E-state index is 10.7. The van der Waals surface area contributed by atoms with Gasteiger partial charge in [0.1, 0.15) is 0 Å². The van der Waals surface area contributed by atoms with Gasteiger partial charge in [-0.25, -0.2) is 0 Å². The van der Waals surface area contributed by atoms with Gasteiger partial charge in [0, 0.05) is 3.57 Å². The van der Waals surface area contributed by atoms with Gasteiger partial charge < -0.3 is 0 Å². The summed E-state index contributed by atoms with van der Waals surface area (Å²) >= 11 is 2.32. The molecule has 0 N–H and O–H groups in total.